The number of esters is 1. The molecule has 0 amide bonds. The van der Waals surface area contributed by atoms with E-state index in [0.29, 0.717) is 6.54 Å². The van der Waals surface area contributed by atoms with Gasteiger partial charge >= 0.3 is 5.97 Å². The first-order valence-electron chi connectivity index (χ1n) is 5.29. The fraction of sp³-hybridized carbons (Fsp3) is 0.700. The summed E-state index contributed by atoms with van der Waals surface area (Å²) < 4.78 is 9.36. The Bertz CT molecular complexity index is 377. The molecular formula is C10H15N3O3. The van der Waals surface area contributed by atoms with E-state index in [4.69, 9.17) is 4.74 Å². The van der Waals surface area contributed by atoms with Gasteiger partial charge in [-0.3, -0.25) is 9.69 Å². The third-order valence-electron chi connectivity index (χ3n) is 2.93. The van der Waals surface area contributed by atoms with Gasteiger partial charge in [0.1, 0.15) is 11.4 Å². The second kappa shape index (κ2) is 4.61. The Labute approximate surface area is 93.5 Å². The number of ether oxygens (including phenoxy) is 1. The lowest BCUT2D eigenvalue weighted by atomic mass is 10.1. The summed E-state index contributed by atoms with van der Waals surface area (Å²) in [6.07, 6.45) is 0.844. The number of likely N-dealkylation sites (tertiary alicyclic amines) is 1. The summed E-state index contributed by atoms with van der Waals surface area (Å²) >= 11 is 0. The highest BCUT2D eigenvalue weighted by Gasteiger charge is 2.29. The molecule has 0 bridgehead atoms. The van der Waals surface area contributed by atoms with Crippen molar-refractivity contribution >= 4 is 5.97 Å². The maximum absolute atomic E-state index is 11.3. The highest BCUT2D eigenvalue weighted by Crippen LogP contribution is 2.19. The van der Waals surface area contributed by atoms with Gasteiger partial charge in [0.25, 0.3) is 0 Å². The maximum Gasteiger partial charge on any atom is 0.310 e. The van der Waals surface area contributed by atoms with Crippen molar-refractivity contribution in [2.24, 2.45) is 5.92 Å². The standard InChI is InChI=1S/C10H15N3O3/c1-7-9(12-16-11-7)6-13-4-3-8(5-13)10(14)15-2/h8H,3-6H2,1-2H3. The Kier molecular flexibility index (Phi) is 3.19. The van der Waals surface area contributed by atoms with Gasteiger partial charge in [-0.2, -0.15) is 0 Å². The summed E-state index contributed by atoms with van der Waals surface area (Å²) in [5.41, 5.74) is 1.65. The van der Waals surface area contributed by atoms with Crippen molar-refractivity contribution in [1.82, 2.24) is 15.2 Å². The second-order valence-electron chi connectivity index (χ2n) is 4.04. The highest BCUT2D eigenvalue weighted by atomic mass is 16.6. The molecule has 0 spiro atoms. The minimum atomic E-state index is -0.127. The summed E-state index contributed by atoms with van der Waals surface area (Å²) in [6.45, 7) is 4.15. The first kappa shape index (κ1) is 11.1. The summed E-state index contributed by atoms with van der Waals surface area (Å²) in [4.78, 5) is 13.5. The zero-order chi connectivity index (χ0) is 11.5. The number of methoxy groups -OCH3 is 1. The minimum absolute atomic E-state index is 0.00911. The Hall–Kier alpha value is -1.43. The van der Waals surface area contributed by atoms with Gasteiger partial charge < -0.3 is 4.74 Å². The monoisotopic (exact) mass is 225 g/mol. The van der Waals surface area contributed by atoms with Crippen LogP contribution >= 0.6 is 0 Å². The lowest BCUT2D eigenvalue weighted by molar-refractivity contribution is -0.144. The van der Waals surface area contributed by atoms with Gasteiger partial charge in [0.2, 0.25) is 0 Å². The molecule has 1 fully saturated rings. The Balaban J connectivity index is 1.90. The number of hydrogen-bond acceptors (Lipinski definition) is 6. The quantitative estimate of drug-likeness (QED) is 0.692. The Morgan fingerprint density at radius 1 is 1.62 bits per heavy atom. The molecule has 6 heteroatoms. The van der Waals surface area contributed by atoms with Crippen LogP contribution < -0.4 is 0 Å². The number of aromatic nitrogens is 2. The molecule has 1 saturated heterocycles. The number of rotatable bonds is 3. The van der Waals surface area contributed by atoms with E-state index in [1.165, 1.54) is 7.11 Å². The molecule has 1 aromatic heterocycles. The summed E-state index contributed by atoms with van der Waals surface area (Å²) in [6, 6.07) is 0. The molecule has 0 aliphatic carbocycles. The van der Waals surface area contributed by atoms with Crippen molar-refractivity contribution in [2.45, 2.75) is 19.9 Å². The van der Waals surface area contributed by atoms with Crippen molar-refractivity contribution in [2.75, 3.05) is 20.2 Å². The molecule has 16 heavy (non-hydrogen) atoms. The molecule has 0 aromatic carbocycles. The first-order valence-corrected chi connectivity index (χ1v) is 5.29. The average molecular weight is 225 g/mol. The van der Waals surface area contributed by atoms with Crippen LogP contribution in [0.5, 0.6) is 0 Å². The number of hydrogen-bond donors (Lipinski definition) is 0. The molecular weight excluding hydrogens is 210 g/mol. The van der Waals surface area contributed by atoms with Crippen LogP contribution in [0.3, 0.4) is 0 Å². The fourth-order valence-corrected chi connectivity index (χ4v) is 1.94. The normalized spacial score (nSPS) is 21.2. The van der Waals surface area contributed by atoms with E-state index in [1.807, 2.05) is 6.92 Å². The molecule has 1 unspecified atom stereocenters. The lowest BCUT2D eigenvalue weighted by Gasteiger charge is -2.13. The van der Waals surface area contributed by atoms with E-state index in [2.05, 4.69) is 19.8 Å². The lowest BCUT2D eigenvalue weighted by Crippen LogP contribution is -2.24. The van der Waals surface area contributed by atoms with E-state index in [0.717, 1.165) is 30.9 Å². The Morgan fingerprint density at radius 3 is 3.06 bits per heavy atom. The van der Waals surface area contributed by atoms with Crippen molar-refractivity contribution in [3.05, 3.63) is 11.4 Å². The van der Waals surface area contributed by atoms with Crippen molar-refractivity contribution in [1.29, 1.82) is 0 Å². The molecule has 6 nitrogen and oxygen atoms in total. The summed E-state index contributed by atoms with van der Waals surface area (Å²) in [7, 11) is 1.43. The fourth-order valence-electron chi connectivity index (χ4n) is 1.94. The van der Waals surface area contributed by atoms with Crippen molar-refractivity contribution in [3.8, 4) is 0 Å². The van der Waals surface area contributed by atoms with Crippen molar-refractivity contribution < 1.29 is 14.2 Å². The van der Waals surface area contributed by atoms with E-state index < -0.39 is 0 Å². The van der Waals surface area contributed by atoms with Gasteiger partial charge in [0.05, 0.1) is 13.0 Å². The van der Waals surface area contributed by atoms with Crippen LogP contribution in [0.4, 0.5) is 0 Å². The molecule has 1 aliphatic heterocycles. The largest absolute Gasteiger partial charge is 0.469 e. The van der Waals surface area contributed by atoms with Gasteiger partial charge in [-0.25, -0.2) is 4.63 Å². The maximum atomic E-state index is 11.3. The van der Waals surface area contributed by atoms with Gasteiger partial charge in [-0.15, -0.1) is 0 Å². The zero-order valence-electron chi connectivity index (χ0n) is 9.47. The van der Waals surface area contributed by atoms with Crippen LogP contribution in [0.15, 0.2) is 4.63 Å². The Morgan fingerprint density at radius 2 is 2.44 bits per heavy atom. The number of carbonyl (C=O) groups is 1. The molecule has 0 N–H and O–H groups in total. The van der Waals surface area contributed by atoms with Crippen LogP contribution in [0.1, 0.15) is 17.8 Å². The SMILES string of the molecule is COC(=O)C1CCN(Cc2nonc2C)C1. The van der Waals surface area contributed by atoms with Crippen LogP contribution in [-0.4, -0.2) is 41.4 Å². The number of nitrogens with zero attached hydrogens (tertiary/aromatic N) is 3. The predicted molar refractivity (Wildman–Crippen MR) is 54.4 cm³/mol. The average Bonchev–Trinajstić information content (AvgIpc) is 2.89. The van der Waals surface area contributed by atoms with Crippen LogP contribution in [-0.2, 0) is 16.1 Å². The van der Waals surface area contributed by atoms with E-state index >= 15 is 0 Å². The summed E-state index contributed by atoms with van der Waals surface area (Å²) in [5.74, 6) is -0.136. The minimum Gasteiger partial charge on any atom is -0.469 e. The highest BCUT2D eigenvalue weighted by molar-refractivity contribution is 5.72. The molecule has 0 radical (unpaired) electrons. The van der Waals surface area contributed by atoms with Crippen molar-refractivity contribution in [3.63, 3.8) is 0 Å². The van der Waals surface area contributed by atoms with Crippen LogP contribution in [0.25, 0.3) is 0 Å². The van der Waals surface area contributed by atoms with E-state index in [9.17, 15) is 4.79 Å². The van der Waals surface area contributed by atoms with Gasteiger partial charge in [0.15, 0.2) is 0 Å². The smallest absolute Gasteiger partial charge is 0.310 e. The van der Waals surface area contributed by atoms with E-state index in [1.54, 1.807) is 0 Å². The molecule has 0 saturated carbocycles. The first-order chi connectivity index (χ1) is 7.70. The van der Waals surface area contributed by atoms with Crippen LogP contribution in [0, 0.1) is 12.8 Å². The molecule has 2 rings (SSSR count). The number of carbonyl (C=O) groups excluding carboxylic acids is 1. The molecule has 1 atom stereocenters. The van der Waals surface area contributed by atoms with Gasteiger partial charge in [-0.05, 0) is 19.9 Å². The van der Waals surface area contributed by atoms with Crippen LogP contribution in [0.2, 0.25) is 0 Å². The molecule has 88 valence electrons. The van der Waals surface area contributed by atoms with E-state index in [-0.39, 0.29) is 11.9 Å². The summed E-state index contributed by atoms with van der Waals surface area (Å²) in [5, 5.41) is 7.55. The van der Waals surface area contributed by atoms with Gasteiger partial charge in [-0.1, -0.05) is 10.3 Å². The number of aryl methyl sites for hydroxylation is 1. The van der Waals surface area contributed by atoms with Gasteiger partial charge in [0, 0.05) is 13.1 Å². The second-order valence-corrected chi connectivity index (χ2v) is 4.04. The molecule has 1 aromatic rings. The topological polar surface area (TPSA) is 68.5 Å². The zero-order valence-corrected chi connectivity index (χ0v) is 9.47. The third-order valence-corrected chi connectivity index (χ3v) is 2.93. The predicted octanol–water partition coefficient (Wildman–Crippen LogP) is 0.373. The molecule has 2 heterocycles. The molecule has 1 aliphatic rings. The third kappa shape index (κ3) is 2.21.